The van der Waals surface area contributed by atoms with E-state index in [9.17, 15) is 0 Å². The second-order valence-corrected chi connectivity index (χ2v) is 13.8. The molecule has 3 nitrogen and oxygen atoms in total. The van der Waals surface area contributed by atoms with Gasteiger partial charge in [-0.2, -0.15) is 0 Å². The Morgan fingerprint density at radius 2 is 1.00 bits per heavy atom. The summed E-state index contributed by atoms with van der Waals surface area (Å²) in [4.78, 5) is 13.4. The molecule has 10 rings (SSSR count). The number of hydrogen-bond donors (Lipinski definition) is 0. The Morgan fingerprint density at radius 1 is 0.420 bits per heavy atom. The van der Waals surface area contributed by atoms with Gasteiger partial charge in [0.1, 0.15) is 10.6 Å². The van der Waals surface area contributed by atoms with Gasteiger partial charge in [-0.25, -0.2) is 4.98 Å². The second-order valence-electron chi connectivity index (χ2n) is 12.7. The van der Waals surface area contributed by atoms with E-state index < -0.39 is 0 Å². The van der Waals surface area contributed by atoms with Crippen molar-refractivity contribution in [3.05, 3.63) is 176 Å². The number of thiophene rings is 1. The molecule has 0 radical (unpaired) electrons. The molecule has 0 saturated heterocycles. The molecule has 0 aliphatic heterocycles. The summed E-state index contributed by atoms with van der Waals surface area (Å²) in [5.41, 5.74) is 6.49. The van der Waals surface area contributed by atoms with Gasteiger partial charge < -0.3 is 0 Å². The van der Waals surface area contributed by atoms with Crippen LogP contribution in [0.3, 0.4) is 0 Å². The second kappa shape index (κ2) is 11.7. The van der Waals surface area contributed by atoms with Gasteiger partial charge in [0.05, 0.1) is 5.69 Å². The molecule has 0 N–H and O–H groups in total. The van der Waals surface area contributed by atoms with Crippen molar-refractivity contribution in [1.82, 2.24) is 9.97 Å². The molecule has 0 amide bonds. The van der Waals surface area contributed by atoms with Gasteiger partial charge in [0.15, 0.2) is 0 Å². The van der Waals surface area contributed by atoms with E-state index in [0.29, 0.717) is 0 Å². The van der Waals surface area contributed by atoms with Crippen LogP contribution in [0.4, 0.5) is 17.2 Å². The third-order valence-electron chi connectivity index (χ3n) is 9.68. The van der Waals surface area contributed by atoms with Crippen molar-refractivity contribution in [2.45, 2.75) is 0 Å². The Balaban J connectivity index is 1.08. The molecule has 0 aliphatic carbocycles. The van der Waals surface area contributed by atoms with Crippen LogP contribution in [0.1, 0.15) is 0 Å². The van der Waals surface area contributed by atoms with E-state index in [1.807, 2.05) is 12.3 Å². The summed E-state index contributed by atoms with van der Waals surface area (Å²) in [6, 6.07) is 60.7. The number of anilines is 3. The zero-order valence-corrected chi connectivity index (χ0v) is 27.8. The topological polar surface area (TPSA) is 29.0 Å². The highest BCUT2D eigenvalue weighted by Crippen LogP contribution is 2.40. The minimum Gasteiger partial charge on any atom is -0.295 e. The van der Waals surface area contributed by atoms with Gasteiger partial charge in [-0.05, 0) is 98.7 Å². The minimum atomic E-state index is 0.878. The zero-order chi connectivity index (χ0) is 33.0. The van der Waals surface area contributed by atoms with Crippen molar-refractivity contribution in [2.75, 3.05) is 4.90 Å². The lowest BCUT2D eigenvalue weighted by atomic mass is 10.0. The lowest BCUT2D eigenvalue weighted by molar-refractivity contribution is 1.21. The van der Waals surface area contributed by atoms with E-state index in [2.05, 4.69) is 169 Å². The predicted octanol–water partition coefficient (Wildman–Crippen LogP) is 13.1. The molecular weight excluding hydrogens is 627 g/mol. The Bertz CT molecular complexity index is 2750. The van der Waals surface area contributed by atoms with Crippen LogP contribution in [0, 0.1) is 0 Å². The molecule has 0 unspecified atom stereocenters. The standard InChI is InChI=1S/C46H29N3S/c1-2-8-33-25-37(14-13-30(33)7-1)31-15-19-39(20-16-31)49(40-21-17-32(18-22-40)43-27-35-10-5-6-12-38(35)29-47-43)45-24-23-41-42-26-34-9-3-4-11-36(34)28-44(42)50-46(41)48-45/h1-29H. The van der Waals surface area contributed by atoms with E-state index in [0.717, 1.165) is 38.7 Å². The van der Waals surface area contributed by atoms with Crippen LogP contribution in [-0.2, 0) is 0 Å². The fourth-order valence-corrected chi connectivity index (χ4v) is 8.16. The van der Waals surface area contributed by atoms with Crippen molar-refractivity contribution in [2.24, 2.45) is 0 Å². The molecule has 7 aromatic carbocycles. The zero-order valence-electron chi connectivity index (χ0n) is 27.0. The molecule has 3 aromatic heterocycles. The highest BCUT2D eigenvalue weighted by atomic mass is 32.1. The van der Waals surface area contributed by atoms with Crippen LogP contribution in [0.25, 0.3) is 75.0 Å². The summed E-state index contributed by atoms with van der Waals surface area (Å²) in [7, 11) is 0. The number of benzene rings is 7. The number of pyridine rings is 2. The monoisotopic (exact) mass is 655 g/mol. The average Bonchev–Trinajstić information content (AvgIpc) is 3.53. The first kappa shape index (κ1) is 28.6. The summed E-state index contributed by atoms with van der Waals surface area (Å²) >= 11 is 1.75. The SMILES string of the molecule is c1ccc2cc(-c3ccc(N(c4ccc(-c5cc6ccccc6cn5)cc4)c4ccc5c(n4)sc4cc6ccccc6cc45)cc3)ccc2c1. The van der Waals surface area contributed by atoms with Crippen LogP contribution < -0.4 is 4.90 Å². The van der Waals surface area contributed by atoms with Crippen molar-refractivity contribution in [3.63, 3.8) is 0 Å². The minimum absolute atomic E-state index is 0.878. The predicted molar refractivity (Wildman–Crippen MR) is 213 cm³/mol. The van der Waals surface area contributed by atoms with Gasteiger partial charge in [-0.1, -0.05) is 109 Å². The van der Waals surface area contributed by atoms with E-state index in [1.165, 1.54) is 53.5 Å². The van der Waals surface area contributed by atoms with E-state index in [4.69, 9.17) is 9.97 Å². The van der Waals surface area contributed by atoms with Gasteiger partial charge in [-0.3, -0.25) is 9.88 Å². The van der Waals surface area contributed by atoms with Crippen LogP contribution in [0.2, 0.25) is 0 Å². The Kier molecular flexibility index (Phi) is 6.68. The molecule has 0 spiro atoms. The normalized spacial score (nSPS) is 11.6. The smallest absolute Gasteiger partial charge is 0.139 e. The Hall–Kier alpha value is -6.36. The fourth-order valence-electron chi connectivity index (χ4n) is 7.06. The first-order valence-electron chi connectivity index (χ1n) is 16.8. The van der Waals surface area contributed by atoms with Crippen LogP contribution in [0.5, 0.6) is 0 Å². The van der Waals surface area contributed by atoms with Crippen LogP contribution in [-0.4, -0.2) is 9.97 Å². The molecule has 50 heavy (non-hydrogen) atoms. The van der Waals surface area contributed by atoms with Gasteiger partial charge in [-0.15, -0.1) is 11.3 Å². The maximum Gasteiger partial charge on any atom is 0.139 e. The third kappa shape index (κ3) is 4.97. The molecule has 234 valence electrons. The summed E-state index contributed by atoms with van der Waals surface area (Å²) in [5, 5.41) is 9.75. The first-order chi connectivity index (χ1) is 24.7. The van der Waals surface area contributed by atoms with Gasteiger partial charge >= 0.3 is 0 Å². The maximum atomic E-state index is 5.32. The summed E-state index contributed by atoms with van der Waals surface area (Å²) < 4.78 is 1.25. The van der Waals surface area contributed by atoms with Gasteiger partial charge in [0.25, 0.3) is 0 Å². The summed E-state index contributed by atoms with van der Waals surface area (Å²) in [6.45, 7) is 0. The summed E-state index contributed by atoms with van der Waals surface area (Å²) in [5.74, 6) is 0.878. The van der Waals surface area contributed by atoms with Crippen LogP contribution in [0.15, 0.2) is 176 Å². The highest BCUT2D eigenvalue weighted by Gasteiger charge is 2.17. The molecular formula is C46H29N3S. The van der Waals surface area contributed by atoms with Crippen molar-refractivity contribution < 1.29 is 0 Å². The molecule has 0 bridgehead atoms. The van der Waals surface area contributed by atoms with Gasteiger partial charge in [0, 0.05) is 44.0 Å². The molecule has 0 aliphatic rings. The third-order valence-corrected chi connectivity index (χ3v) is 10.7. The van der Waals surface area contributed by atoms with Crippen molar-refractivity contribution in [3.8, 4) is 22.4 Å². The number of nitrogens with zero attached hydrogens (tertiary/aromatic N) is 3. The van der Waals surface area contributed by atoms with Crippen molar-refractivity contribution in [1.29, 1.82) is 0 Å². The quantitative estimate of drug-likeness (QED) is 0.185. The van der Waals surface area contributed by atoms with E-state index in [1.54, 1.807) is 11.3 Å². The maximum absolute atomic E-state index is 5.32. The van der Waals surface area contributed by atoms with Crippen LogP contribution >= 0.6 is 11.3 Å². The Morgan fingerprint density at radius 3 is 1.72 bits per heavy atom. The lowest BCUT2D eigenvalue weighted by Crippen LogP contribution is -2.11. The molecule has 0 fully saturated rings. The van der Waals surface area contributed by atoms with E-state index >= 15 is 0 Å². The molecule has 0 saturated carbocycles. The number of fused-ring (bicyclic) bond motifs is 6. The number of rotatable bonds is 5. The number of aromatic nitrogens is 2. The number of hydrogen-bond acceptors (Lipinski definition) is 4. The highest BCUT2D eigenvalue weighted by molar-refractivity contribution is 7.25. The van der Waals surface area contributed by atoms with Gasteiger partial charge in [0.2, 0.25) is 0 Å². The lowest BCUT2D eigenvalue weighted by Gasteiger charge is -2.25. The first-order valence-corrected chi connectivity index (χ1v) is 17.6. The Labute approximate surface area is 293 Å². The largest absolute Gasteiger partial charge is 0.295 e. The fraction of sp³-hybridized carbons (Fsp3) is 0. The molecule has 4 heteroatoms. The average molecular weight is 656 g/mol. The van der Waals surface area contributed by atoms with E-state index in [-0.39, 0.29) is 0 Å². The van der Waals surface area contributed by atoms with Crippen molar-refractivity contribution >= 4 is 81.1 Å². The molecule has 10 aromatic rings. The molecule has 3 heterocycles. The summed E-state index contributed by atoms with van der Waals surface area (Å²) in [6.07, 6.45) is 1.95. The molecule has 0 atom stereocenters.